The molecule has 0 radical (unpaired) electrons. The molecule has 2 aromatic rings. The minimum atomic E-state index is -4.51. The van der Waals surface area contributed by atoms with Crippen LogP contribution in [0.5, 0.6) is 5.75 Å². The maximum absolute atomic E-state index is 14.0. The smallest absolute Gasteiger partial charge is 0.425 e. The van der Waals surface area contributed by atoms with Crippen LogP contribution in [0.3, 0.4) is 0 Å². The Bertz CT molecular complexity index is 1260. The van der Waals surface area contributed by atoms with Crippen LogP contribution in [0.4, 0.5) is 26.3 Å². The van der Waals surface area contributed by atoms with Gasteiger partial charge in [0.1, 0.15) is 5.75 Å². The van der Waals surface area contributed by atoms with Crippen LogP contribution in [0.15, 0.2) is 36.5 Å². The number of carbonyl (C=O) groups excluding carboxylic acids is 1. The van der Waals surface area contributed by atoms with E-state index in [1.807, 2.05) is 0 Å². The Morgan fingerprint density at radius 1 is 1.13 bits per heavy atom. The highest BCUT2D eigenvalue weighted by atomic mass is 19.4. The van der Waals surface area contributed by atoms with Gasteiger partial charge in [0.25, 0.3) is 0 Å². The van der Waals surface area contributed by atoms with Crippen LogP contribution in [0, 0.1) is 11.3 Å². The first-order valence-electron chi connectivity index (χ1n) is 13.4. The van der Waals surface area contributed by atoms with Crippen molar-refractivity contribution in [2.75, 3.05) is 6.54 Å². The van der Waals surface area contributed by atoms with Crippen molar-refractivity contribution >= 4 is 5.91 Å². The van der Waals surface area contributed by atoms with Gasteiger partial charge in [0.15, 0.2) is 6.10 Å². The van der Waals surface area contributed by atoms with Gasteiger partial charge in [-0.2, -0.15) is 26.3 Å². The number of halogens is 6. The molecule has 0 saturated heterocycles. The highest BCUT2D eigenvalue weighted by molar-refractivity contribution is 5.84. The minimum Gasteiger partial charge on any atom is -0.481 e. The lowest BCUT2D eigenvalue weighted by molar-refractivity contribution is -0.201. The van der Waals surface area contributed by atoms with Crippen molar-refractivity contribution in [2.24, 2.45) is 11.3 Å². The molecule has 2 fully saturated rings. The molecule has 2 aliphatic carbocycles. The summed E-state index contributed by atoms with van der Waals surface area (Å²) in [6.45, 7) is 0.468. The summed E-state index contributed by atoms with van der Waals surface area (Å²) in [4.78, 5) is 19.7. The van der Waals surface area contributed by atoms with Gasteiger partial charge in [-0.1, -0.05) is 24.6 Å². The zero-order chi connectivity index (χ0) is 27.6. The molecule has 1 N–H and O–H groups in total. The molecule has 4 aliphatic rings. The second-order valence-corrected chi connectivity index (χ2v) is 11.3. The van der Waals surface area contributed by atoms with Gasteiger partial charge in [-0.25, -0.2) is 0 Å². The molecule has 5 atom stereocenters. The first kappa shape index (κ1) is 26.4. The average molecular weight is 554 g/mol. The molecular formula is C28H29F6N3O2. The van der Waals surface area contributed by atoms with E-state index in [0.29, 0.717) is 49.0 Å². The number of para-hydroxylation sites is 1. The largest absolute Gasteiger partial charge is 0.481 e. The van der Waals surface area contributed by atoms with Crippen LogP contribution in [0.1, 0.15) is 67.0 Å². The molecule has 0 bridgehead atoms. The Hall–Kier alpha value is -2.82. The summed E-state index contributed by atoms with van der Waals surface area (Å²) in [5, 5.41) is 3.44. The Kier molecular flexibility index (Phi) is 6.35. The summed E-state index contributed by atoms with van der Waals surface area (Å²) in [6.07, 6.45) is -6.37. The van der Waals surface area contributed by atoms with E-state index in [1.54, 1.807) is 29.2 Å². The van der Waals surface area contributed by atoms with Crippen molar-refractivity contribution in [1.29, 1.82) is 0 Å². The number of amides is 1. The van der Waals surface area contributed by atoms with E-state index in [2.05, 4.69) is 10.3 Å². The number of pyridine rings is 1. The van der Waals surface area contributed by atoms with E-state index in [-0.39, 0.29) is 36.6 Å². The Morgan fingerprint density at radius 2 is 1.92 bits per heavy atom. The van der Waals surface area contributed by atoms with E-state index >= 15 is 0 Å². The van der Waals surface area contributed by atoms with Crippen molar-refractivity contribution in [3.63, 3.8) is 0 Å². The molecule has 5 nitrogen and oxygen atoms in total. The van der Waals surface area contributed by atoms with Gasteiger partial charge in [0.2, 0.25) is 5.91 Å². The summed E-state index contributed by atoms with van der Waals surface area (Å²) in [5.74, 6) is 0.237. The van der Waals surface area contributed by atoms with Gasteiger partial charge in [-0.3, -0.25) is 9.78 Å². The van der Waals surface area contributed by atoms with Crippen molar-refractivity contribution in [2.45, 2.75) is 82.0 Å². The molecule has 39 heavy (non-hydrogen) atoms. The van der Waals surface area contributed by atoms with E-state index in [4.69, 9.17) is 4.74 Å². The number of ether oxygens (including phenoxy) is 1. The number of nitrogens with one attached hydrogen (secondary N) is 1. The minimum absolute atomic E-state index is 0.0575. The zero-order valence-corrected chi connectivity index (χ0v) is 21.1. The standard InChI is InChI=1S/C28H29F6N3O2/c29-27(30,31)18-10-16-15-37(9-7-21(16)35-14-18)25(38)26-8-3-4-17(26)11-19(13-26)36-22-12-24(28(32,33)34)39-23-6-2-1-5-20(22)23/h1-2,5-6,10,14,17,19,22,24,36H,3-4,7-9,11-13,15H2/t17-,19?,22-,24-,26-/m1/s1. The summed E-state index contributed by atoms with van der Waals surface area (Å²) in [6, 6.07) is 7.10. The Morgan fingerprint density at radius 3 is 2.69 bits per heavy atom. The fourth-order valence-corrected chi connectivity index (χ4v) is 7.25. The first-order valence-corrected chi connectivity index (χ1v) is 13.4. The van der Waals surface area contributed by atoms with Gasteiger partial charge in [-0.15, -0.1) is 0 Å². The Balaban J connectivity index is 1.20. The van der Waals surface area contributed by atoms with Crippen LogP contribution in [-0.2, 0) is 23.9 Å². The van der Waals surface area contributed by atoms with Gasteiger partial charge in [0.05, 0.1) is 11.0 Å². The molecule has 0 spiro atoms. The van der Waals surface area contributed by atoms with Gasteiger partial charge < -0.3 is 15.0 Å². The molecule has 1 aromatic carbocycles. The topological polar surface area (TPSA) is 54.5 Å². The lowest BCUT2D eigenvalue weighted by Crippen LogP contribution is -2.47. The molecule has 210 valence electrons. The van der Waals surface area contributed by atoms with Crippen molar-refractivity contribution in [3.05, 3.63) is 58.9 Å². The molecule has 1 aromatic heterocycles. The van der Waals surface area contributed by atoms with Crippen LogP contribution in [-0.4, -0.2) is 40.7 Å². The third kappa shape index (κ3) is 4.76. The fourth-order valence-electron chi connectivity index (χ4n) is 7.25. The summed E-state index contributed by atoms with van der Waals surface area (Å²) >= 11 is 0. The zero-order valence-electron chi connectivity index (χ0n) is 21.1. The number of aromatic nitrogens is 1. The average Bonchev–Trinajstić information content (AvgIpc) is 3.44. The third-order valence-electron chi connectivity index (χ3n) is 9.03. The van der Waals surface area contributed by atoms with E-state index in [9.17, 15) is 31.1 Å². The molecule has 1 unspecified atom stereocenters. The number of hydrogen-bond donors (Lipinski definition) is 1. The van der Waals surface area contributed by atoms with Crippen molar-refractivity contribution < 1.29 is 35.9 Å². The van der Waals surface area contributed by atoms with E-state index in [1.165, 1.54) is 0 Å². The first-order chi connectivity index (χ1) is 18.4. The quantitative estimate of drug-likeness (QED) is 0.476. The molecular weight excluding hydrogens is 524 g/mol. The van der Waals surface area contributed by atoms with Gasteiger partial charge in [0, 0.05) is 55.5 Å². The lowest BCUT2D eigenvalue weighted by atomic mass is 9.78. The summed E-state index contributed by atoms with van der Waals surface area (Å²) in [5.41, 5.74) is 0.191. The van der Waals surface area contributed by atoms with Crippen molar-refractivity contribution in [3.8, 4) is 5.75 Å². The maximum atomic E-state index is 14.0. The second kappa shape index (κ2) is 9.38. The molecule has 11 heteroatoms. The van der Waals surface area contributed by atoms with Crippen LogP contribution in [0.25, 0.3) is 0 Å². The fraction of sp³-hybridized carbons (Fsp3) is 0.571. The maximum Gasteiger partial charge on any atom is 0.425 e. The molecule has 6 rings (SSSR count). The van der Waals surface area contributed by atoms with Crippen LogP contribution < -0.4 is 10.1 Å². The summed E-state index contributed by atoms with van der Waals surface area (Å²) < 4.78 is 85.8. The number of fused-ring (bicyclic) bond motifs is 3. The number of alkyl halides is 6. The van der Waals surface area contributed by atoms with E-state index < -0.39 is 35.5 Å². The molecule has 3 heterocycles. The number of nitrogens with zero attached hydrogens (tertiary/aromatic N) is 2. The molecule has 2 saturated carbocycles. The summed E-state index contributed by atoms with van der Waals surface area (Å²) in [7, 11) is 0. The van der Waals surface area contributed by atoms with Gasteiger partial charge >= 0.3 is 12.4 Å². The normalized spacial score (nSPS) is 30.4. The highest BCUT2D eigenvalue weighted by Gasteiger charge is 2.57. The second-order valence-electron chi connectivity index (χ2n) is 11.3. The number of carbonyl (C=O) groups is 1. The molecule has 2 aliphatic heterocycles. The highest BCUT2D eigenvalue weighted by Crippen LogP contribution is 2.56. The molecule has 1 amide bonds. The lowest BCUT2D eigenvalue weighted by Gasteiger charge is -2.38. The van der Waals surface area contributed by atoms with Crippen LogP contribution >= 0.6 is 0 Å². The predicted molar refractivity (Wildman–Crippen MR) is 129 cm³/mol. The number of hydrogen-bond acceptors (Lipinski definition) is 4. The third-order valence-corrected chi connectivity index (χ3v) is 9.03. The SMILES string of the molecule is O=C(N1CCc2ncc(C(F)(F)F)cc2C1)[C@@]12CCC[C@@H]1CC(N[C@@H]1C[C@H](C(F)(F)F)Oc3ccccc31)C2. The van der Waals surface area contributed by atoms with Gasteiger partial charge in [-0.05, 0) is 49.3 Å². The predicted octanol–water partition coefficient (Wildman–Crippen LogP) is 5.98. The number of rotatable bonds is 3. The number of benzene rings is 1. The monoisotopic (exact) mass is 553 g/mol. The van der Waals surface area contributed by atoms with Crippen molar-refractivity contribution in [1.82, 2.24) is 15.2 Å². The van der Waals surface area contributed by atoms with E-state index in [0.717, 1.165) is 25.1 Å². The Labute approximate surface area is 221 Å². The van der Waals surface area contributed by atoms with Crippen LogP contribution in [0.2, 0.25) is 0 Å².